The van der Waals surface area contributed by atoms with Crippen molar-refractivity contribution in [3.8, 4) is 11.3 Å². The number of aliphatic imine (C=N–C) groups is 1. The van der Waals surface area contributed by atoms with Gasteiger partial charge >= 0.3 is 5.97 Å². The molecule has 21 heavy (non-hydrogen) atoms. The molecule has 1 aromatic heterocycles. The fourth-order valence-electron chi connectivity index (χ4n) is 1.91. The van der Waals surface area contributed by atoms with Gasteiger partial charge in [0.15, 0.2) is 11.6 Å². The van der Waals surface area contributed by atoms with E-state index in [1.807, 2.05) is 0 Å². The van der Waals surface area contributed by atoms with Gasteiger partial charge in [0.2, 0.25) is 0 Å². The number of halogens is 2. The van der Waals surface area contributed by atoms with E-state index in [0.717, 1.165) is 5.56 Å². The van der Waals surface area contributed by atoms with Crippen LogP contribution < -0.4 is 0 Å². The van der Waals surface area contributed by atoms with Crippen LogP contribution in [0, 0.1) is 0 Å². The van der Waals surface area contributed by atoms with Gasteiger partial charge in [-0.3, -0.25) is 0 Å². The molecule has 0 amide bonds. The summed E-state index contributed by atoms with van der Waals surface area (Å²) >= 11 is 12.0. The SMILES string of the molecule is CC1=NC(=Cc2ccc(-c3ccc(Cl)cc3Cl)o2)C(=O)O1. The Hall–Kier alpha value is -2.04. The van der Waals surface area contributed by atoms with Gasteiger partial charge in [-0.05, 0) is 30.3 Å². The number of hydrogen-bond donors (Lipinski definition) is 0. The number of ether oxygens (including phenoxy) is 1. The predicted molar refractivity (Wildman–Crippen MR) is 81.3 cm³/mol. The van der Waals surface area contributed by atoms with Crippen LogP contribution in [0.1, 0.15) is 12.7 Å². The standard InChI is InChI=1S/C15H9Cl2NO3/c1-8-18-13(15(19)20-8)7-10-3-5-14(21-10)11-4-2-9(16)6-12(11)17/h2-7H,1H3. The molecule has 6 heteroatoms. The molecule has 0 spiro atoms. The zero-order valence-electron chi connectivity index (χ0n) is 10.9. The van der Waals surface area contributed by atoms with Gasteiger partial charge < -0.3 is 9.15 Å². The number of benzene rings is 1. The van der Waals surface area contributed by atoms with Crippen LogP contribution in [0.25, 0.3) is 17.4 Å². The quantitative estimate of drug-likeness (QED) is 0.601. The lowest BCUT2D eigenvalue weighted by molar-refractivity contribution is -0.130. The second-order valence-corrected chi connectivity index (χ2v) is 5.22. The number of nitrogens with zero attached hydrogens (tertiary/aromatic N) is 1. The van der Waals surface area contributed by atoms with E-state index < -0.39 is 5.97 Å². The maximum Gasteiger partial charge on any atom is 0.363 e. The molecule has 0 atom stereocenters. The molecule has 3 rings (SSSR count). The minimum Gasteiger partial charge on any atom is -0.457 e. The summed E-state index contributed by atoms with van der Waals surface area (Å²) < 4.78 is 10.5. The zero-order valence-corrected chi connectivity index (χ0v) is 12.4. The average molecular weight is 322 g/mol. The lowest BCUT2D eigenvalue weighted by Gasteiger charge is -2.00. The van der Waals surface area contributed by atoms with Gasteiger partial charge in [-0.25, -0.2) is 9.79 Å². The molecule has 0 radical (unpaired) electrons. The maximum absolute atomic E-state index is 11.5. The van der Waals surface area contributed by atoms with Crippen molar-refractivity contribution < 1.29 is 13.9 Å². The Labute approximate surface area is 130 Å². The molecule has 1 aliphatic heterocycles. The summed E-state index contributed by atoms with van der Waals surface area (Å²) in [5, 5.41) is 1.04. The number of esters is 1. The van der Waals surface area contributed by atoms with Crippen molar-refractivity contribution in [1.29, 1.82) is 0 Å². The lowest BCUT2D eigenvalue weighted by atomic mass is 10.2. The highest BCUT2D eigenvalue weighted by atomic mass is 35.5. The number of cyclic esters (lactones) is 1. The Bertz CT molecular complexity index is 790. The van der Waals surface area contributed by atoms with E-state index in [4.69, 9.17) is 32.4 Å². The third-order valence-electron chi connectivity index (χ3n) is 2.83. The highest BCUT2D eigenvalue weighted by Crippen LogP contribution is 2.32. The van der Waals surface area contributed by atoms with Crippen LogP contribution in [0.2, 0.25) is 10.0 Å². The van der Waals surface area contributed by atoms with Gasteiger partial charge in [-0.1, -0.05) is 23.2 Å². The Kier molecular flexibility index (Phi) is 3.57. The number of carbonyl (C=O) groups is 1. The van der Waals surface area contributed by atoms with E-state index >= 15 is 0 Å². The van der Waals surface area contributed by atoms with Crippen LogP contribution >= 0.6 is 23.2 Å². The van der Waals surface area contributed by atoms with E-state index in [1.54, 1.807) is 37.3 Å². The van der Waals surface area contributed by atoms with Gasteiger partial charge in [0, 0.05) is 23.6 Å². The van der Waals surface area contributed by atoms with Crippen molar-refractivity contribution in [1.82, 2.24) is 0 Å². The van der Waals surface area contributed by atoms with Crippen LogP contribution in [0.15, 0.2) is 45.4 Å². The molecule has 0 saturated carbocycles. The maximum atomic E-state index is 11.5. The van der Waals surface area contributed by atoms with Crippen molar-refractivity contribution in [3.05, 3.63) is 51.8 Å². The van der Waals surface area contributed by atoms with Crippen LogP contribution in [0.5, 0.6) is 0 Å². The van der Waals surface area contributed by atoms with Gasteiger partial charge in [0.1, 0.15) is 11.5 Å². The molecular formula is C15H9Cl2NO3. The first-order chi connectivity index (χ1) is 10.0. The van der Waals surface area contributed by atoms with Crippen LogP contribution in [-0.2, 0) is 9.53 Å². The summed E-state index contributed by atoms with van der Waals surface area (Å²) in [6, 6.07) is 8.63. The van der Waals surface area contributed by atoms with E-state index in [0.29, 0.717) is 27.5 Å². The van der Waals surface area contributed by atoms with Gasteiger partial charge in [0.05, 0.1) is 5.02 Å². The largest absolute Gasteiger partial charge is 0.457 e. The van der Waals surface area contributed by atoms with Gasteiger partial charge in [-0.15, -0.1) is 0 Å². The molecule has 0 fully saturated rings. The summed E-state index contributed by atoms with van der Waals surface area (Å²) in [6.07, 6.45) is 1.52. The van der Waals surface area contributed by atoms with Crippen molar-refractivity contribution in [3.63, 3.8) is 0 Å². The molecule has 0 unspecified atom stereocenters. The summed E-state index contributed by atoms with van der Waals surface area (Å²) in [7, 11) is 0. The molecule has 0 aliphatic carbocycles. The van der Waals surface area contributed by atoms with Crippen molar-refractivity contribution in [2.75, 3.05) is 0 Å². The molecule has 106 valence electrons. The fourth-order valence-corrected chi connectivity index (χ4v) is 2.42. The lowest BCUT2D eigenvalue weighted by Crippen LogP contribution is -1.99. The third kappa shape index (κ3) is 2.86. The summed E-state index contributed by atoms with van der Waals surface area (Å²) in [6.45, 7) is 1.61. The van der Waals surface area contributed by atoms with Gasteiger partial charge in [-0.2, -0.15) is 0 Å². The van der Waals surface area contributed by atoms with Crippen molar-refractivity contribution >= 4 is 41.1 Å². The minimum absolute atomic E-state index is 0.204. The van der Waals surface area contributed by atoms with E-state index in [1.165, 1.54) is 6.08 Å². The Balaban J connectivity index is 1.94. The number of carbonyl (C=O) groups excluding carboxylic acids is 1. The summed E-state index contributed by atoms with van der Waals surface area (Å²) in [4.78, 5) is 15.5. The zero-order chi connectivity index (χ0) is 15.0. The molecule has 0 N–H and O–H groups in total. The van der Waals surface area contributed by atoms with E-state index in [-0.39, 0.29) is 5.70 Å². The highest BCUT2D eigenvalue weighted by Gasteiger charge is 2.20. The Morgan fingerprint density at radius 3 is 2.67 bits per heavy atom. The van der Waals surface area contributed by atoms with E-state index in [2.05, 4.69) is 4.99 Å². The Morgan fingerprint density at radius 2 is 2.00 bits per heavy atom. The van der Waals surface area contributed by atoms with E-state index in [9.17, 15) is 4.79 Å². The number of furan rings is 1. The first kappa shape index (κ1) is 13.9. The predicted octanol–water partition coefficient (Wildman–Crippen LogP) is 4.57. The van der Waals surface area contributed by atoms with Crippen LogP contribution in [0.3, 0.4) is 0 Å². The number of rotatable bonds is 2. The topological polar surface area (TPSA) is 51.8 Å². The normalized spacial score (nSPS) is 16.2. The molecule has 4 nitrogen and oxygen atoms in total. The molecule has 1 aromatic carbocycles. The summed E-state index contributed by atoms with van der Waals surface area (Å²) in [5.74, 6) is 0.894. The second kappa shape index (κ2) is 5.39. The van der Waals surface area contributed by atoms with Crippen molar-refractivity contribution in [2.24, 2.45) is 4.99 Å². The molecular weight excluding hydrogens is 313 g/mol. The molecule has 0 bridgehead atoms. The molecule has 2 heterocycles. The molecule has 0 saturated heterocycles. The first-order valence-electron chi connectivity index (χ1n) is 6.07. The highest BCUT2D eigenvalue weighted by molar-refractivity contribution is 6.36. The smallest absolute Gasteiger partial charge is 0.363 e. The second-order valence-electron chi connectivity index (χ2n) is 4.38. The summed E-state index contributed by atoms with van der Waals surface area (Å²) in [5.41, 5.74) is 0.926. The van der Waals surface area contributed by atoms with Crippen LogP contribution in [-0.4, -0.2) is 11.9 Å². The van der Waals surface area contributed by atoms with Crippen LogP contribution in [0.4, 0.5) is 0 Å². The van der Waals surface area contributed by atoms with Crippen molar-refractivity contribution in [2.45, 2.75) is 6.92 Å². The Morgan fingerprint density at radius 1 is 1.19 bits per heavy atom. The third-order valence-corrected chi connectivity index (χ3v) is 3.38. The minimum atomic E-state index is -0.491. The van der Waals surface area contributed by atoms with Gasteiger partial charge in [0.25, 0.3) is 0 Å². The monoisotopic (exact) mass is 321 g/mol. The molecule has 1 aliphatic rings. The first-order valence-corrected chi connectivity index (χ1v) is 6.83. The molecule has 2 aromatic rings. The number of hydrogen-bond acceptors (Lipinski definition) is 4. The average Bonchev–Trinajstić information content (AvgIpc) is 2.97. The fraction of sp³-hybridized carbons (Fsp3) is 0.0667.